The Labute approximate surface area is 180 Å². The van der Waals surface area contributed by atoms with Crippen molar-refractivity contribution < 1.29 is 13.2 Å². The van der Waals surface area contributed by atoms with Gasteiger partial charge < -0.3 is 4.90 Å². The van der Waals surface area contributed by atoms with Gasteiger partial charge in [0, 0.05) is 31.6 Å². The highest BCUT2D eigenvalue weighted by atomic mass is 32.2. The highest BCUT2D eigenvalue weighted by molar-refractivity contribution is 7.89. The van der Waals surface area contributed by atoms with Crippen molar-refractivity contribution in [2.45, 2.75) is 11.3 Å². The van der Waals surface area contributed by atoms with Crippen LogP contribution in [0.1, 0.15) is 5.69 Å². The third-order valence-corrected chi connectivity index (χ3v) is 7.71. The second-order valence-corrected chi connectivity index (χ2v) is 9.63. The zero-order valence-electron chi connectivity index (χ0n) is 16.9. The van der Waals surface area contributed by atoms with Gasteiger partial charge in [-0.1, -0.05) is 48.5 Å². The average molecular weight is 435 g/mol. The summed E-state index contributed by atoms with van der Waals surface area (Å²) in [6.45, 7) is 1.31. The van der Waals surface area contributed by atoms with E-state index in [4.69, 9.17) is 0 Å². The molecule has 0 unspecified atom stereocenters. The fraction of sp³-hybridized carbons (Fsp3) is 0.217. The molecule has 5 rings (SSSR count). The number of amides is 1. The summed E-state index contributed by atoms with van der Waals surface area (Å²) < 4.78 is 27.7. The van der Waals surface area contributed by atoms with Gasteiger partial charge in [-0.25, -0.2) is 8.42 Å². The minimum Gasteiger partial charge on any atom is -0.340 e. The summed E-state index contributed by atoms with van der Waals surface area (Å²) in [6, 6.07) is 20.5. The third kappa shape index (κ3) is 3.68. The smallest absolute Gasteiger partial charge is 0.243 e. The number of hydrogen-bond acceptors (Lipinski definition) is 4. The van der Waals surface area contributed by atoms with Gasteiger partial charge in [0.1, 0.15) is 0 Å². The zero-order chi connectivity index (χ0) is 21.4. The van der Waals surface area contributed by atoms with Crippen LogP contribution in [0.3, 0.4) is 0 Å². The number of nitrogens with zero attached hydrogens (tertiary/aromatic N) is 3. The Hall–Kier alpha value is -3.23. The number of sulfonamides is 1. The number of para-hydroxylation sites is 1. The molecule has 3 aromatic carbocycles. The number of nitrogens with one attached hydrogen (secondary N) is 1. The molecule has 1 fully saturated rings. The van der Waals surface area contributed by atoms with Crippen molar-refractivity contribution in [3.8, 4) is 0 Å². The Balaban J connectivity index is 1.27. The van der Waals surface area contributed by atoms with E-state index in [1.807, 2.05) is 54.6 Å². The van der Waals surface area contributed by atoms with Crippen LogP contribution in [0.5, 0.6) is 0 Å². The fourth-order valence-corrected chi connectivity index (χ4v) is 5.52. The van der Waals surface area contributed by atoms with Crippen LogP contribution in [0.2, 0.25) is 0 Å². The number of hydrogen-bond donors (Lipinski definition) is 1. The Morgan fingerprint density at radius 2 is 1.61 bits per heavy atom. The topological polar surface area (TPSA) is 86.4 Å². The number of aromatic nitrogens is 2. The molecule has 0 radical (unpaired) electrons. The first-order valence-electron chi connectivity index (χ1n) is 10.2. The Kier molecular flexibility index (Phi) is 4.95. The maximum atomic E-state index is 13.1. The summed E-state index contributed by atoms with van der Waals surface area (Å²) in [7, 11) is -3.60. The van der Waals surface area contributed by atoms with Crippen molar-refractivity contribution in [2.24, 2.45) is 0 Å². The van der Waals surface area contributed by atoms with Crippen molar-refractivity contribution in [3.05, 3.63) is 72.4 Å². The average Bonchev–Trinajstić information content (AvgIpc) is 3.21. The van der Waals surface area contributed by atoms with Crippen molar-refractivity contribution in [2.75, 3.05) is 26.2 Å². The van der Waals surface area contributed by atoms with Gasteiger partial charge in [0.15, 0.2) is 0 Å². The van der Waals surface area contributed by atoms with Gasteiger partial charge in [-0.3, -0.25) is 9.89 Å². The molecule has 1 amide bonds. The molecule has 31 heavy (non-hydrogen) atoms. The van der Waals surface area contributed by atoms with E-state index in [0.717, 1.165) is 27.4 Å². The molecule has 1 N–H and O–H groups in total. The first-order valence-corrected chi connectivity index (χ1v) is 11.6. The van der Waals surface area contributed by atoms with Crippen LogP contribution >= 0.6 is 0 Å². The molecule has 1 aromatic heterocycles. The second kappa shape index (κ2) is 7.79. The number of piperazine rings is 1. The molecule has 2 heterocycles. The van der Waals surface area contributed by atoms with E-state index in [1.165, 1.54) is 4.31 Å². The van der Waals surface area contributed by atoms with E-state index in [1.54, 1.807) is 17.0 Å². The van der Waals surface area contributed by atoms with Crippen LogP contribution in [0.15, 0.2) is 71.6 Å². The first kappa shape index (κ1) is 19.7. The van der Waals surface area contributed by atoms with Gasteiger partial charge in [0.2, 0.25) is 15.9 Å². The summed E-state index contributed by atoms with van der Waals surface area (Å²) in [5.74, 6) is -0.0304. The summed E-state index contributed by atoms with van der Waals surface area (Å²) in [5.41, 5.74) is 1.61. The second-order valence-electron chi connectivity index (χ2n) is 7.69. The standard InChI is InChI=1S/C23H22N4O3S/c28-23(16-22-20-7-3-4-8-21(20)24-25-22)26-11-13-27(14-12-26)31(29,30)19-10-9-17-5-1-2-6-18(17)15-19/h1-10,15H,11-14,16H2,(H,24,25). The van der Waals surface area contributed by atoms with E-state index >= 15 is 0 Å². The largest absolute Gasteiger partial charge is 0.340 e. The number of benzene rings is 3. The van der Waals surface area contributed by atoms with E-state index in [2.05, 4.69) is 10.2 Å². The maximum Gasteiger partial charge on any atom is 0.243 e. The molecular formula is C23H22N4O3S. The summed E-state index contributed by atoms with van der Waals surface area (Å²) in [4.78, 5) is 14.8. The quantitative estimate of drug-likeness (QED) is 0.535. The van der Waals surface area contributed by atoms with Crippen molar-refractivity contribution in [1.29, 1.82) is 0 Å². The molecule has 1 aliphatic rings. The van der Waals surface area contributed by atoms with Gasteiger partial charge in [0.25, 0.3) is 0 Å². The van der Waals surface area contributed by atoms with E-state index in [0.29, 0.717) is 13.1 Å². The number of rotatable bonds is 4. The van der Waals surface area contributed by atoms with Gasteiger partial charge in [-0.2, -0.15) is 9.40 Å². The van der Waals surface area contributed by atoms with E-state index < -0.39 is 10.0 Å². The van der Waals surface area contributed by atoms with E-state index in [-0.39, 0.29) is 30.3 Å². The molecule has 0 saturated carbocycles. The first-order chi connectivity index (χ1) is 15.0. The molecule has 1 aliphatic heterocycles. The van der Waals surface area contributed by atoms with Gasteiger partial charge in [-0.05, 0) is 29.0 Å². The van der Waals surface area contributed by atoms with Crippen molar-refractivity contribution >= 4 is 37.6 Å². The lowest BCUT2D eigenvalue weighted by Crippen LogP contribution is -2.50. The zero-order valence-corrected chi connectivity index (χ0v) is 17.7. The molecule has 0 spiro atoms. The molecule has 7 nitrogen and oxygen atoms in total. The lowest BCUT2D eigenvalue weighted by atomic mass is 10.1. The normalized spacial score (nSPS) is 15.5. The monoisotopic (exact) mass is 434 g/mol. The van der Waals surface area contributed by atoms with Crippen LogP contribution in [0.25, 0.3) is 21.7 Å². The number of carbonyl (C=O) groups excluding carboxylic acids is 1. The Morgan fingerprint density at radius 3 is 2.42 bits per heavy atom. The summed E-state index contributed by atoms with van der Waals surface area (Å²) in [6.07, 6.45) is 0.220. The van der Waals surface area contributed by atoms with Crippen LogP contribution in [-0.4, -0.2) is 59.9 Å². The van der Waals surface area contributed by atoms with Crippen LogP contribution < -0.4 is 0 Å². The lowest BCUT2D eigenvalue weighted by molar-refractivity contribution is -0.131. The lowest BCUT2D eigenvalue weighted by Gasteiger charge is -2.34. The number of H-pyrrole nitrogens is 1. The molecule has 4 aromatic rings. The predicted molar refractivity (Wildman–Crippen MR) is 119 cm³/mol. The molecule has 8 heteroatoms. The van der Waals surface area contributed by atoms with Crippen LogP contribution in [0.4, 0.5) is 0 Å². The van der Waals surface area contributed by atoms with Crippen LogP contribution in [0, 0.1) is 0 Å². The molecule has 0 bridgehead atoms. The fourth-order valence-electron chi connectivity index (χ4n) is 4.07. The van der Waals surface area contributed by atoms with Gasteiger partial charge >= 0.3 is 0 Å². The highest BCUT2D eigenvalue weighted by Crippen LogP contribution is 2.23. The number of fused-ring (bicyclic) bond motifs is 2. The van der Waals surface area contributed by atoms with Crippen molar-refractivity contribution in [1.82, 2.24) is 19.4 Å². The SMILES string of the molecule is O=C(Cc1[nH]nc2ccccc12)N1CCN(S(=O)(=O)c2ccc3ccccc3c2)CC1. The maximum absolute atomic E-state index is 13.1. The number of aromatic amines is 1. The molecule has 1 saturated heterocycles. The number of carbonyl (C=O) groups is 1. The summed E-state index contributed by atoms with van der Waals surface area (Å²) >= 11 is 0. The van der Waals surface area contributed by atoms with Gasteiger partial charge in [0.05, 0.1) is 22.5 Å². The predicted octanol–water partition coefficient (Wildman–Crippen LogP) is 2.79. The van der Waals surface area contributed by atoms with Crippen LogP contribution in [-0.2, 0) is 21.2 Å². The Morgan fingerprint density at radius 1 is 0.903 bits per heavy atom. The van der Waals surface area contributed by atoms with Gasteiger partial charge in [-0.15, -0.1) is 0 Å². The molecular weight excluding hydrogens is 412 g/mol. The van der Waals surface area contributed by atoms with E-state index in [9.17, 15) is 13.2 Å². The summed E-state index contributed by atoms with van der Waals surface area (Å²) in [5, 5.41) is 10.0. The third-order valence-electron chi connectivity index (χ3n) is 5.82. The Bertz CT molecular complexity index is 1370. The van der Waals surface area contributed by atoms with Crippen molar-refractivity contribution in [3.63, 3.8) is 0 Å². The molecule has 0 atom stereocenters. The molecule has 0 aliphatic carbocycles. The minimum absolute atomic E-state index is 0.0304. The molecule has 158 valence electrons. The minimum atomic E-state index is -3.60. The highest BCUT2D eigenvalue weighted by Gasteiger charge is 2.30.